The maximum absolute atomic E-state index is 12.9. The Morgan fingerprint density at radius 2 is 2.00 bits per heavy atom. The smallest absolute Gasteiger partial charge is 0.266 e. The van der Waals surface area contributed by atoms with Gasteiger partial charge in [0.2, 0.25) is 0 Å². The number of hydrogen-bond acceptors (Lipinski definition) is 6. The van der Waals surface area contributed by atoms with Crippen LogP contribution in [0.4, 0.5) is 0 Å². The topological polar surface area (TPSA) is 51.7 Å². The molecule has 2 heterocycles. The molecule has 0 spiro atoms. The van der Waals surface area contributed by atoms with Crippen molar-refractivity contribution >= 4 is 56.2 Å². The van der Waals surface area contributed by atoms with Crippen molar-refractivity contribution < 1.29 is 14.3 Å². The van der Waals surface area contributed by atoms with Gasteiger partial charge < -0.3 is 9.47 Å². The second-order valence-corrected chi connectivity index (χ2v) is 8.35. The number of ether oxygens (including phenoxy) is 2. The van der Waals surface area contributed by atoms with Gasteiger partial charge in [0.25, 0.3) is 5.91 Å². The number of thioether (sulfide) groups is 1. The number of aromatic nitrogens is 1. The SMILES string of the molecule is CCOc1cc(OCC)c(/C=C2\SC(=S)N(Cc3cccnc3)C2=O)cc1Br. The molecule has 1 fully saturated rings. The zero-order chi connectivity index (χ0) is 20.1. The third-order valence-corrected chi connectivity index (χ3v) is 5.89. The lowest BCUT2D eigenvalue weighted by Crippen LogP contribution is -2.27. The Morgan fingerprint density at radius 1 is 1.25 bits per heavy atom. The van der Waals surface area contributed by atoms with E-state index in [9.17, 15) is 4.79 Å². The molecular weight excluding hydrogens is 460 g/mol. The summed E-state index contributed by atoms with van der Waals surface area (Å²) in [5.74, 6) is 1.24. The molecule has 1 saturated heterocycles. The number of carbonyl (C=O) groups is 1. The molecule has 0 unspecified atom stereocenters. The van der Waals surface area contributed by atoms with E-state index in [2.05, 4.69) is 20.9 Å². The first-order valence-electron chi connectivity index (χ1n) is 8.76. The molecule has 1 amide bonds. The Labute approximate surface area is 182 Å². The molecule has 8 heteroatoms. The van der Waals surface area contributed by atoms with Crippen LogP contribution in [0, 0.1) is 0 Å². The van der Waals surface area contributed by atoms with Crippen LogP contribution in [0.3, 0.4) is 0 Å². The quantitative estimate of drug-likeness (QED) is 0.410. The highest BCUT2D eigenvalue weighted by atomic mass is 79.9. The monoisotopic (exact) mass is 478 g/mol. The first kappa shape index (κ1) is 20.8. The number of benzene rings is 1. The maximum Gasteiger partial charge on any atom is 0.266 e. The summed E-state index contributed by atoms with van der Waals surface area (Å²) in [5, 5.41) is 0. The molecule has 146 valence electrons. The van der Waals surface area contributed by atoms with Gasteiger partial charge in [0, 0.05) is 24.0 Å². The fraction of sp³-hybridized carbons (Fsp3) is 0.250. The number of nitrogens with zero attached hydrogens (tertiary/aromatic N) is 2. The van der Waals surface area contributed by atoms with Gasteiger partial charge in [-0.2, -0.15) is 0 Å². The van der Waals surface area contributed by atoms with Gasteiger partial charge in [-0.3, -0.25) is 14.7 Å². The maximum atomic E-state index is 12.9. The van der Waals surface area contributed by atoms with Crippen LogP contribution in [0.5, 0.6) is 11.5 Å². The summed E-state index contributed by atoms with van der Waals surface area (Å²) in [6.07, 6.45) is 5.25. The highest BCUT2D eigenvalue weighted by Crippen LogP contribution is 2.38. The second kappa shape index (κ2) is 9.54. The minimum Gasteiger partial charge on any atom is -0.493 e. The minimum atomic E-state index is -0.119. The molecule has 0 N–H and O–H groups in total. The first-order chi connectivity index (χ1) is 13.5. The summed E-state index contributed by atoms with van der Waals surface area (Å²) in [5.41, 5.74) is 1.72. The molecule has 0 atom stereocenters. The van der Waals surface area contributed by atoms with Crippen LogP contribution >= 0.6 is 39.9 Å². The molecule has 1 aliphatic rings. The van der Waals surface area contributed by atoms with Crippen LogP contribution in [-0.2, 0) is 11.3 Å². The van der Waals surface area contributed by atoms with E-state index in [1.807, 2.05) is 44.2 Å². The van der Waals surface area contributed by atoms with Crippen molar-refractivity contribution in [3.63, 3.8) is 0 Å². The van der Waals surface area contributed by atoms with Crippen molar-refractivity contribution in [1.82, 2.24) is 9.88 Å². The van der Waals surface area contributed by atoms with Crippen molar-refractivity contribution in [1.29, 1.82) is 0 Å². The Hall–Kier alpha value is -1.90. The van der Waals surface area contributed by atoms with E-state index in [0.29, 0.717) is 40.5 Å². The molecular formula is C20H19BrN2O3S2. The van der Waals surface area contributed by atoms with Crippen molar-refractivity contribution in [3.05, 3.63) is 57.2 Å². The zero-order valence-electron chi connectivity index (χ0n) is 15.5. The van der Waals surface area contributed by atoms with Gasteiger partial charge >= 0.3 is 0 Å². The molecule has 2 aromatic rings. The summed E-state index contributed by atoms with van der Waals surface area (Å²) in [4.78, 5) is 19.1. The Morgan fingerprint density at radius 3 is 2.68 bits per heavy atom. The zero-order valence-corrected chi connectivity index (χ0v) is 18.7. The fourth-order valence-electron chi connectivity index (χ4n) is 2.66. The van der Waals surface area contributed by atoms with E-state index in [-0.39, 0.29) is 5.91 Å². The summed E-state index contributed by atoms with van der Waals surface area (Å²) in [6.45, 7) is 5.31. The number of halogens is 1. The molecule has 5 nitrogen and oxygen atoms in total. The normalized spacial score (nSPS) is 15.4. The Kier molecular flexibility index (Phi) is 7.09. The number of rotatable bonds is 7. The number of amides is 1. The lowest BCUT2D eigenvalue weighted by molar-refractivity contribution is -0.122. The molecule has 0 aliphatic carbocycles. The van der Waals surface area contributed by atoms with Gasteiger partial charge in [-0.1, -0.05) is 30.0 Å². The molecule has 0 radical (unpaired) electrons. The number of thiocarbonyl (C=S) groups is 1. The van der Waals surface area contributed by atoms with Gasteiger partial charge in [-0.15, -0.1) is 0 Å². The van der Waals surface area contributed by atoms with Crippen LogP contribution in [0.25, 0.3) is 6.08 Å². The summed E-state index contributed by atoms with van der Waals surface area (Å²) >= 11 is 10.2. The van der Waals surface area contributed by atoms with Gasteiger partial charge in [-0.05, 0) is 53.5 Å². The van der Waals surface area contributed by atoms with Gasteiger partial charge in [0.05, 0.1) is 29.1 Å². The van der Waals surface area contributed by atoms with Gasteiger partial charge in [0.15, 0.2) is 0 Å². The lowest BCUT2D eigenvalue weighted by atomic mass is 10.1. The van der Waals surface area contributed by atoms with E-state index in [4.69, 9.17) is 21.7 Å². The molecule has 1 aromatic heterocycles. The van der Waals surface area contributed by atoms with Crippen molar-refractivity contribution in [2.24, 2.45) is 0 Å². The molecule has 3 rings (SSSR count). The average molecular weight is 479 g/mol. The minimum absolute atomic E-state index is 0.119. The lowest BCUT2D eigenvalue weighted by Gasteiger charge is -2.14. The summed E-state index contributed by atoms with van der Waals surface area (Å²) in [7, 11) is 0. The standard InChI is InChI=1S/C20H19BrN2O3S2/c1-3-25-16-10-17(26-4-2)15(21)8-14(16)9-18-19(24)23(20(27)28-18)12-13-6-5-7-22-11-13/h5-11H,3-4,12H2,1-2H3/b18-9-. The van der Waals surface area contributed by atoms with Crippen LogP contribution < -0.4 is 9.47 Å². The van der Waals surface area contributed by atoms with E-state index in [1.54, 1.807) is 17.3 Å². The molecule has 28 heavy (non-hydrogen) atoms. The number of carbonyl (C=O) groups excluding carboxylic acids is 1. The molecule has 1 aromatic carbocycles. The van der Waals surface area contributed by atoms with Crippen LogP contribution in [-0.4, -0.2) is 33.3 Å². The highest BCUT2D eigenvalue weighted by molar-refractivity contribution is 9.10. The predicted molar refractivity (Wildman–Crippen MR) is 119 cm³/mol. The van der Waals surface area contributed by atoms with E-state index >= 15 is 0 Å². The number of hydrogen-bond donors (Lipinski definition) is 0. The Bertz CT molecular complexity index is 919. The van der Waals surface area contributed by atoms with Crippen LogP contribution in [0.1, 0.15) is 25.0 Å². The van der Waals surface area contributed by atoms with Gasteiger partial charge in [0.1, 0.15) is 15.8 Å². The highest BCUT2D eigenvalue weighted by Gasteiger charge is 2.32. The summed E-state index contributed by atoms with van der Waals surface area (Å²) < 4.78 is 12.7. The van der Waals surface area contributed by atoms with Crippen molar-refractivity contribution in [3.8, 4) is 11.5 Å². The molecule has 0 saturated carbocycles. The largest absolute Gasteiger partial charge is 0.493 e. The Balaban J connectivity index is 1.89. The van der Waals surface area contributed by atoms with Crippen molar-refractivity contribution in [2.45, 2.75) is 20.4 Å². The van der Waals surface area contributed by atoms with Crippen LogP contribution in [0.2, 0.25) is 0 Å². The van der Waals surface area contributed by atoms with Gasteiger partial charge in [-0.25, -0.2) is 0 Å². The second-order valence-electron chi connectivity index (χ2n) is 5.82. The van der Waals surface area contributed by atoms with Crippen molar-refractivity contribution in [2.75, 3.05) is 13.2 Å². The number of pyridine rings is 1. The third kappa shape index (κ3) is 4.74. The fourth-order valence-corrected chi connectivity index (χ4v) is 4.38. The van der Waals surface area contributed by atoms with Crippen LogP contribution in [0.15, 0.2) is 46.0 Å². The van der Waals surface area contributed by atoms with E-state index in [0.717, 1.165) is 15.6 Å². The third-order valence-electron chi connectivity index (χ3n) is 3.89. The predicted octanol–water partition coefficient (Wildman–Crippen LogP) is 5.04. The van der Waals surface area contributed by atoms with E-state index in [1.165, 1.54) is 11.8 Å². The molecule has 1 aliphatic heterocycles. The van der Waals surface area contributed by atoms with E-state index < -0.39 is 0 Å². The average Bonchev–Trinajstić information content (AvgIpc) is 2.94. The first-order valence-corrected chi connectivity index (χ1v) is 10.8. The summed E-state index contributed by atoms with van der Waals surface area (Å²) in [6, 6.07) is 7.49. The molecule has 0 bridgehead atoms.